The van der Waals surface area contributed by atoms with Gasteiger partial charge in [-0.1, -0.05) is 12.1 Å². The van der Waals surface area contributed by atoms with E-state index in [-0.39, 0.29) is 12.4 Å². The molecule has 0 unspecified atom stereocenters. The third-order valence-electron chi connectivity index (χ3n) is 2.32. The molecule has 1 rings (SSSR count). The van der Waals surface area contributed by atoms with Crippen LogP contribution in [0.2, 0.25) is 0 Å². The number of aliphatic hydroxyl groups is 1. The highest BCUT2D eigenvalue weighted by Crippen LogP contribution is 2.23. The minimum Gasteiger partial charge on any atom is -0.391 e. The van der Waals surface area contributed by atoms with Gasteiger partial charge in [-0.2, -0.15) is 0 Å². The van der Waals surface area contributed by atoms with Crippen molar-refractivity contribution < 1.29 is 9.50 Å². The van der Waals surface area contributed by atoms with Gasteiger partial charge in [0.1, 0.15) is 5.82 Å². The van der Waals surface area contributed by atoms with E-state index < -0.39 is 0 Å². The van der Waals surface area contributed by atoms with Crippen molar-refractivity contribution in [3.63, 3.8) is 0 Å². The average Bonchev–Trinajstić information content (AvgIpc) is 2.25. The predicted molar refractivity (Wildman–Crippen MR) is 60.4 cm³/mol. The number of benzene rings is 1. The van der Waals surface area contributed by atoms with E-state index in [9.17, 15) is 4.39 Å². The molecule has 0 heterocycles. The van der Waals surface area contributed by atoms with Gasteiger partial charge in [0.2, 0.25) is 0 Å². The summed E-state index contributed by atoms with van der Waals surface area (Å²) in [5, 5.41) is 9.12. The lowest BCUT2D eigenvalue weighted by Gasteiger charge is -2.23. The standard InChI is InChI=1S/C12H16FNO/c1-3-8-14(4-2)12-7-5-6-11(13)10(12)9-15/h3,5-7,15H,1,4,8-9H2,2H3. The zero-order chi connectivity index (χ0) is 11.3. The van der Waals surface area contributed by atoms with E-state index in [1.54, 1.807) is 12.1 Å². The van der Waals surface area contributed by atoms with E-state index in [0.717, 1.165) is 12.2 Å². The molecule has 0 amide bonds. The van der Waals surface area contributed by atoms with Gasteiger partial charge < -0.3 is 10.0 Å². The fourth-order valence-electron chi connectivity index (χ4n) is 1.55. The number of rotatable bonds is 5. The third-order valence-corrected chi connectivity index (χ3v) is 2.32. The molecular weight excluding hydrogens is 193 g/mol. The van der Waals surface area contributed by atoms with Crippen molar-refractivity contribution in [2.24, 2.45) is 0 Å². The highest BCUT2D eigenvalue weighted by Gasteiger charge is 2.11. The predicted octanol–water partition coefficient (Wildman–Crippen LogP) is 2.33. The van der Waals surface area contributed by atoms with Crippen molar-refractivity contribution in [1.29, 1.82) is 0 Å². The van der Waals surface area contributed by atoms with Crippen molar-refractivity contribution in [2.75, 3.05) is 18.0 Å². The quantitative estimate of drug-likeness (QED) is 0.752. The Hall–Kier alpha value is -1.35. The molecule has 15 heavy (non-hydrogen) atoms. The zero-order valence-corrected chi connectivity index (χ0v) is 8.91. The van der Waals surface area contributed by atoms with Crippen LogP contribution in [-0.4, -0.2) is 18.2 Å². The molecule has 0 atom stereocenters. The Bertz CT molecular complexity index is 338. The number of hydrogen-bond donors (Lipinski definition) is 1. The van der Waals surface area contributed by atoms with Gasteiger partial charge in [0.05, 0.1) is 6.61 Å². The molecule has 3 heteroatoms. The van der Waals surface area contributed by atoms with E-state index in [4.69, 9.17) is 5.11 Å². The molecular formula is C12H16FNO. The molecule has 0 saturated heterocycles. The number of nitrogens with zero attached hydrogens (tertiary/aromatic N) is 1. The maximum atomic E-state index is 13.4. The molecule has 2 nitrogen and oxygen atoms in total. The Morgan fingerprint density at radius 1 is 1.53 bits per heavy atom. The number of anilines is 1. The van der Waals surface area contributed by atoms with Gasteiger partial charge in [-0.05, 0) is 19.1 Å². The van der Waals surface area contributed by atoms with Crippen LogP contribution in [0.1, 0.15) is 12.5 Å². The summed E-state index contributed by atoms with van der Waals surface area (Å²) in [6, 6.07) is 4.81. The van der Waals surface area contributed by atoms with Crippen LogP contribution in [0.5, 0.6) is 0 Å². The fourth-order valence-corrected chi connectivity index (χ4v) is 1.55. The van der Waals surface area contributed by atoms with Crippen molar-refractivity contribution in [3.05, 3.63) is 42.2 Å². The molecule has 0 saturated carbocycles. The van der Waals surface area contributed by atoms with Crippen LogP contribution in [0.4, 0.5) is 10.1 Å². The molecule has 0 aliphatic heterocycles. The van der Waals surface area contributed by atoms with Gasteiger partial charge in [0, 0.05) is 24.3 Å². The molecule has 0 aliphatic carbocycles. The van der Waals surface area contributed by atoms with E-state index in [2.05, 4.69) is 6.58 Å². The largest absolute Gasteiger partial charge is 0.391 e. The Morgan fingerprint density at radius 3 is 2.80 bits per heavy atom. The summed E-state index contributed by atoms with van der Waals surface area (Å²) >= 11 is 0. The third kappa shape index (κ3) is 2.57. The number of likely N-dealkylation sites (N-methyl/N-ethyl adjacent to an activating group) is 1. The molecule has 0 fully saturated rings. The first-order valence-electron chi connectivity index (χ1n) is 4.98. The monoisotopic (exact) mass is 209 g/mol. The molecule has 0 bridgehead atoms. The first-order valence-corrected chi connectivity index (χ1v) is 4.98. The summed E-state index contributed by atoms with van der Waals surface area (Å²) < 4.78 is 13.4. The summed E-state index contributed by atoms with van der Waals surface area (Å²) in [6.07, 6.45) is 1.76. The molecule has 1 aromatic carbocycles. The van der Waals surface area contributed by atoms with Gasteiger partial charge >= 0.3 is 0 Å². The Kier molecular flexibility index (Phi) is 4.31. The number of hydrogen-bond acceptors (Lipinski definition) is 2. The van der Waals surface area contributed by atoms with E-state index >= 15 is 0 Å². The number of halogens is 1. The maximum absolute atomic E-state index is 13.4. The molecule has 0 radical (unpaired) electrons. The van der Waals surface area contributed by atoms with Gasteiger partial charge in [-0.3, -0.25) is 0 Å². The lowest BCUT2D eigenvalue weighted by molar-refractivity contribution is 0.276. The molecule has 1 aromatic rings. The van der Waals surface area contributed by atoms with Crippen molar-refractivity contribution in [2.45, 2.75) is 13.5 Å². The van der Waals surface area contributed by atoms with E-state index in [1.807, 2.05) is 17.9 Å². The van der Waals surface area contributed by atoms with Crippen molar-refractivity contribution >= 4 is 5.69 Å². The second-order valence-corrected chi connectivity index (χ2v) is 3.22. The second kappa shape index (κ2) is 5.51. The second-order valence-electron chi connectivity index (χ2n) is 3.22. The minimum atomic E-state index is -0.363. The summed E-state index contributed by atoms with van der Waals surface area (Å²) in [7, 11) is 0. The molecule has 82 valence electrons. The van der Waals surface area contributed by atoms with Crippen LogP contribution in [0, 0.1) is 5.82 Å². The summed E-state index contributed by atoms with van der Waals surface area (Å²) in [5.41, 5.74) is 1.08. The van der Waals surface area contributed by atoms with Crippen LogP contribution in [-0.2, 0) is 6.61 Å². The average molecular weight is 209 g/mol. The van der Waals surface area contributed by atoms with Crippen LogP contribution in [0.15, 0.2) is 30.9 Å². The fraction of sp³-hybridized carbons (Fsp3) is 0.333. The van der Waals surface area contributed by atoms with E-state index in [1.165, 1.54) is 6.07 Å². The number of aliphatic hydroxyl groups excluding tert-OH is 1. The van der Waals surface area contributed by atoms with Gasteiger partial charge in [0.25, 0.3) is 0 Å². The summed E-state index contributed by atoms with van der Waals surface area (Å²) in [4.78, 5) is 1.96. The Morgan fingerprint density at radius 2 is 2.27 bits per heavy atom. The van der Waals surface area contributed by atoms with Crippen molar-refractivity contribution in [3.8, 4) is 0 Å². The summed E-state index contributed by atoms with van der Waals surface area (Å²) in [5.74, 6) is -0.363. The first kappa shape index (κ1) is 11.7. The highest BCUT2D eigenvalue weighted by molar-refractivity contribution is 5.54. The lowest BCUT2D eigenvalue weighted by Crippen LogP contribution is -2.24. The van der Waals surface area contributed by atoms with Crippen LogP contribution >= 0.6 is 0 Å². The van der Waals surface area contributed by atoms with Crippen LogP contribution in [0.3, 0.4) is 0 Å². The van der Waals surface area contributed by atoms with Crippen LogP contribution in [0.25, 0.3) is 0 Å². The first-order chi connectivity index (χ1) is 7.24. The Balaban J connectivity index is 3.10. The maximum Gasteiger partial charge on any atom is 0.130 e. The molecule has 0 aliphatic rings. The highest BCUT2D eigenvalue weighted by atomic mass is 19.1. The normalized spacial score (nSPS) is 10.1. The lowest BCUT2D eigenvalue weighted by atomic mass is 10.1. The van der Waals surface area contributed by atoms with Gasteiger partial charge in [0.15, 0.2) is 0 Å². The Labute approximate surface area is 89.7 Å². The van der Waals surface area contributed by atoms with Gasteiger partial charge in [-0.15, -0.1) is 6.58 Å². The topological polar surface area (TPSA) is 23.5 Å². The SMILES string of the molecule is C=CCN(CC)c1cccc(F)c1CO. The molecule has 1 N–H and O–H groups in total. The van der Waals surface area contributed by atoms with Gasteiger partial charge in [-0.25, -0.2) is 4.39 Å². The van der Waals surface area contributed by atoms with E-state index in [0.29, 0.717) is 12.1 Å². The smallest absolute Gasteiger partial charge is 0.130 e. The summed E-state index contributed by atoms with van der Waals surface area (Å²) in [6.45, 7) is 6.75. The van der Waals surface area contributed by atoms with Crippen molar-refractivity contribution in [1.82, 2.24) is 0 Å². The minimum absolute atomic E-state index is 0.282. The zero-order valence-electron chi connectivity index (χ0n) is 8.91. The molecule has 0 spiro atoms. The van der Waals surface area contributed by atoms with Crippen LogP contribution < -0.4 is 4.90 Å². The molecule has 0 aromatic heterocycles.